The third kappa shape index (κ3) is 5.90. The molecule has 2 rings (SSSR count). The molecule has 0 bridgehead atoms. The molecule has 0 spiro atoms. The van der Waals surface area contributed by atoms with Crippen molar-refractivity contribution in [3.05, 3.63) is 30.5 Å². The Bertz CT molecular complexity index is 629. The van der Waals surface area contributed by atoms with Crippen molar-refractivity contribution in [2.24, 2.45) is 0 Å². The van der Waals surface area contributed by atoms with Crippen LogP contribution in [0.3, 0.4) is 0 Å². The summed E-state index contributed by atoms with van der Waals surface area (Å²) in [6.07, 6.45) is 5.09. The van der Waals surface area contributed by atoms with Gasteiger partial charge in [0.1, 0.15) is 0 Å². The van der Waals surface area contributed by atoms with E-state index in [4.69, 9.17) is 0 Å². The van der Waals surface area contributed by atoms with Crippen molar-refractivity contribution in [1.82, 2.24) is 15.2 Å². The van der Waals surface area contributed by atoms with Crippen molar-refractivity contribution in [2.75, 3.05) is 22.5 Å². The number of unbranched alkanes of at least 4 members (excludes halogenated alkanes) is 2. The molecule has 0 aliphatic rings. The highest BCUT2D eigenvalue weighted by Crippen LogP contribution is 2.17. The second-order valence-electron chi connectivity index (χ2n) is 5.18. The largest absolute Gasteiger partial charge is 0.369 e. The quantitative estimate of drug-likeness (QED) is 0.648. The summed E-state index contributed by atoms with van der Waals surface area (Å²) in [4.78, 5) is 15.4. The Morgan fingerprint density at radius 2 is 1.87 bits per heavy atom. The summed E-state index contributed by atoms with van der Waals surface area (Å²) in [6, 6.07) is 7.31. The smallest absolute Gasteiger partial charge is 0.249 e. The molecular weight excluding hydrogens is 292 g/mol. The van der Waals surface area contributed by atoms with Crippen molar-refractivity contribution in [3.8, 4) is 0 Å². The molecule has 0 unspecified atom stereocenters. The van der Waals surface area contributed by atoms with Gasteiger partial charge in [-0.05, 0) is 30.7 Å². The number of amides is 1. The van der Waals surface area contributed by atoms with Crippen LogP contribution in [0.5, 0.6) is 0 Å². The van der Waals surface area contributed by atoms with Gasteiger partial charge >= 0.3 is 0 Å². The number of carbonyl (C=O) groups is 1. The molecule has 0 aliphatic heterocycles. The highest BCUT2D eigenvalue weighted by molar-refractivity contribution is 5.88. The van der Waals surface area contributed by atoms with Gasteiger partial charge in [0.25, 0.3) is 0 Å². The van der Waals surface area contributed by atoms with E-state index in [2.05, 4.69) is 38.1 Å². The zero-order chi connectivity index (χ0) is 16.5. The molecule has 122 valence electrons. The molecule has 1 heterocycles. The minimum absolute atomic E-state index is 0.0971. The molecule has 0 radical (unpaired) electrons. The Balaban J connectivity index is 1.93. The van der Waals surface area contributed by atoms with Crippen LogP contribution in [-0.4, -0.2) is 27.6 Å². The maximum atomic E-state index is 11.0. The molecule has 0 saturated heterocycles. The highest BCUT2D eigenvalue weighted by atomic mass is 16.1. The molecule has 0 fully saturated rings. The van der Waals surface area contributed by atoms with Gasteiger partial charge in [0.2, 0.25) is 11.9 Å². The van der Waals surface area contributed by atoms with Crippen LogP contribution in [0, 0.1) is 0 Å². The van der Waals surface area contributed by atoms with E-state index in [0.717, 1.165) is 24.3 Å². The van der Waals surface area contributed by atoms with E-state index in [1.165, 1.54) is 19.8 Å². The van der Waals surface area contributed by atoms with Crippen LogP contribution in [0.15, 0.2) is 30.5 Å². The summed E-state index contributed by atoms with van der Waals surface area (Å²) < 4.78 is 0. The van der Waals surface area contributed by atoms with Gasteiger partial charge in [-0.1, -0.05) is 19.8 Å². The van der Waals surface area contributed by atoms with Gasteiger partial charge in [-0.25, -0.2) is 0 Å². The summed E-state index contributed by atoms with van der Waals surface area (Å²) in [5, 5.41) is 17.0. The van der Waals surface area contributed by atoms with Crippen molar-refractivity contribution in [1.29, 1.82) is 0 Å². The maximum absolute atomic E-state index is 11.0. The fourth-order valence-electron chi connectivity index (χ4n) is 2.00. The third-order valence-electron chi connectivity index (χ3n) is 3.11. The Morgan fingerprint density at radius 3 is 2.57 bits per heavy atom. The van der Waals surface area contributed by atoms with Crippen LogP contribution in [0.2, 0.25) is 0 Å². The lowest BCUT2D eigenvalue weighted by molar-refractivity contribution is -0.114. The second kappa shape index (κ2) is 8.67. The second-order valence-corrected chi connectivity index (χ2v) is 5.18. The Labute approximate surface area is 135 Å². The molecule has 7 nitrogen and oxygen atoms in total. The normalized spacial score (nSPS) is 10.2. The molecule has 0 aliphatic carbocycles. The number of nitrogens with one attached hydrogen (secondary N) is 3. The van der Waals surface area contributed by atoms with E-state index in [9.17, 15) is 4.79 Å². The SMILES string of the molecule is CCCCCNc1cnnc(Nc2ccc(NC(C)=O)cc2)n1. The first-order valence-corrected chi connectivity index (χ1v) is 7.75. The minimum atomic E-state index is -0.0971. The predicted octanol–water partition coefficient (Wildman–Crippen LogP) is 3.18. The van der Waals surface area contributed by atoms with Crippen LogP contribution in [0.1, 0.15) is 33.1 Å². The molecule has 23 heavy (non-hydrogen) atoms. The average Bonchev–Trinajstić information content (AvgIpc) is 2.53. The average molecular weight is 314 g/mol. The maximum Gasteiger partial charge on any atom is 0.249 e. The van der Waals surface area contributed by atoms with Gasteiger partial charge in [-0.15, -0.1) is 5.10 Å². The molecule has 7 heteroatoms. The van der Waals surface area contributed by atoms with E-state index in [0.29, 0.717) is 11.8 Å². The van der Waals surface area contributed by atoms with Crippen LogP contribution >= 0.6 is 0 Å². The van der Waals surface area contributed by atoms with E-state index in [1.54, 1.807) is 6.20 Å². The summed E-state index contributed by atoms with van der Waals surface area (Å²) >= 11 is 0. The lowest BCUT2D eigenvalue weighted by Gasteiger charge is -2.08. The summed E-state index contributed by atoms with van der Waals surface area (Å²) in [7, 11) is 0. The Kier molecular flexibility index (Phi) is 6.28. The lowest BCUT2D eigenvalue weighted by Crippen LogP contribution is -2.07. The lowest BCUT2D eigenvalue weighted by atomic mass is 10.2. The monoisotopic (exact) mass is 314 g/mol. The third-order valence-corrected chi connectivity index (χ3v) is 3.11. The van der Waals surface area contributed by atoms with Crippen LogP contribution in [0.25, 0.3) is 0 Å². The first kappa shape index (κ1) is 16.7. The molecule has 0 atom stereocenters. The van der Waals surface area contributed by atoms with Gasteiger partial charge in [-0.3, -0.25) is 4.79 Å². The van der Waals surface area contributed by atoms with Crippen molar-refractivity contribution >= 4 is 29.0 Å². The minimum Gasteiger partial charge on any atom is -0.369 e. The van der Waals surface area contributed by atoms with Crippen molar-refractivity contribution in [3.63, 3.8) is 0 Å². The standard InChI is InChI=1S/C16H22N6O/c1-3-4-5-10-17-15-11-18-22-16(21-15)20-14-8-6-13(7-9-14)19-12(2)23/h6-9,11H,3-5,10H2,1-2H3,(H,19,23)(H2,17,20,21,22). The summed E-state index contributed by atoms with van der Waals surface area (Å²) in [5.74, 6) is 1.03. The number of nitrogens with zero attached hydrogens (tertiary/aromatic N) is 3. The van der Waals surface area contributed by atoms with Gasteiger partial charge in [0.15, 0.2) is 5.82 Å². The number of rotatable bonds is 8. The van der Waals surface area contributed by atoms with Gasteiger partial charge < -0.3 is 16.0 Å². The van der Waals surface area contributed by atoms with E-state index >= 15 is 0 Å². The van der Waals surface area contributed by atoms with E-state index in [1.807, 2.05) is 24.3 Å². The first-order valence-electron chi connectivity index (χ1n) is 7.75. The fourth-order valence-corrected chi connectivity index (χ4v) is 2.00. The molecule has 0 saturated carbocycles. The van der Waals surface area contributed by atoms with Gasteiger partial charge in [0, 0.05) is 24.8 Å². The molecule has 1 amide bonds. The van der Waals surface area contributed by atoms with E-state index in [-0.39, 0.29) is 5.91 Å². The van der Waals surface area contributed by atoms with E-state index < -0.39 is 0 Å². The predicted molar refractivity (Wildman–Crippen MR) is 91.9 cm³/mol. The van der Waals surface area contributed by atoms with Gasteiger partial charge in [-0.2, -0.15) is 10.1 Å². The number of carbonyl (C=O) groups excluding carboxylic acids is 1. The number of anilines is 4. The zero-order valence-electron chi connectivity index (χ0n) is 13.5. The first-order chi connectivity index (χ1) is 11.2. The van der Waals surface area contributed by atoms with Crippen molar-refractivity contribution in [2.45, 2.75) is 33.1 Å². The molecular formula is C16H22N6O. The fraction of sp³-hybridized carbons (Fsp3) is 0.375. The zero-order valence-corrected chi connectivity index (χ0v) is 13.5. The molecule has 1 aromatic carbocycles. The van der Waals surface area contributed by atoms with Crippen LogP contribution in [0.4, 0.5) is 23.1 Å². The Hall–Kier alpha value is -2.70. The van der Waals surface area contributed by atoms with Crippen LogP contribution < -0.4 is 16.0 Å². The highest BCUT2D eigenvalue weighted by Gasteiger charge is 2.02. The molecule has 3 N–H and O–H groups in total. The molecule has 1 aromatic heterocycles. The number of benzene rings is 1. The molecule has 2 aromatic rings. The number of hydrogen-bond acceptors (Lipinski definition) is 6. The number of hydrogen-bond donors (Lipinski definition) is 3. The van der Waals surface area contributed by atoms with Gasteiger partial charge in [0.05, 0.1) is 6.20 Å². The summed E-state index contributed by atoms with van der Waals surface area (Å²) in [5.41, 5.74) is 1.57. The van der Waals surface area contributed by atoms with Crippen LogP contribution in [-0.2, 0) is 4.79 Å². The number of aromatic nitrogens is 3. The van der Waals surface area contributed by atoms with Crippen molar-refractivity contribution < 1.29 is 4.79 Å². The Morgan fingerprint density at radius 1 is 1.13 bits per heavy atom. The topological polar surface area (TPSA) is 91.8 Å². The summed E-state index contributed by atoms with van der Waals surface area (Å²) in [6.45, 7) is 4.52.